The standard InChI is InChI=1S/C14H12BrClFN/c15-11-3-1-9(2-4-11)14(18)8-10-7-12(16)5-6-13(10)17/h1-7,14H,8,18H2. The molecule has 4 heteroatoms. The normalized spacial score (nSPS) is 12.4. The molecule has 2 aromatic carbocycles. The third-order valence-electron chi connectivity index (χ3n) is 2.75. The Hall–Kier alpha value is -0.900. The van der Waals surface area contributed by atoms with Crippen LogP contribution in [0.15, 0.2) is 46.9 Å². The minimum Gasteiger partial charge on any atom is -0.324 e. The summed E-state index contributed by atoms with van der Waals surface area (Å²) >= 11 is 9.22. The summed E-state index contributed by atoms with van der Waals surface area (Å²) in [6, 6.07) is 12.0. The van der Waals surface area contributed by atoms with Crippen LogP contribution in [0.1, 0.15) is 17.2 Å². The van der Waals surface area contributed by atoms with Crippen molar-refractivity contribution in [2.75, 3.05) is 0 Å². The maximum atomic E-state index is 13.6. The second-order valence-electron chi connectivity index (χ2n) is 4.10. The zero-order valence-electron chi connectivity index (χ0n) is 9.54. The van der Waals surface area contributed by atoms with Crippen molar-refractivity contribution >= 4 is 27.5 Å². The summed E-state index contributed by atoms with van der Waals surface area (Å²) in [7, 11) is 0. The number of halogens is 3. The van der Waals surface area contributed by atoms with E-state index in [9.17, 15) is 4.39 Å². The van der Waals surface area contributed by atoms with Crippen molar-refractivity contribution in [2.45, 2.75) is 12.5 Å². The number of hydrogen-bond donors (Lipinski definition) is 1. The van der Waals surface area contributed by atoms with E-state index in [1.54, 1.807) is 6.07 Å². The molecule has 0 radical (unpaired) electrons. The summed E-state index contributed by atoms with van der Waals surface area (Å²) in [5.41, 5.74) is 7.58. The Morgan fingerprint density at radius 2 is 1.83 bits per heavy atom. The highest BCUT2D eigenvalue weighted by atomic mass is 79.9. The Bertz CT molecular complexity index is 542. The van der Waals surface area contributed by atoms with Crippen LogP contribution in [0.25, 0.3) is 0 Å². The van der Waals surface area contributed by atoms with E-state index in [4.69, 9.17) is 17.3 Å². The lowest BCUT2D eigenvalue weighted by molar-refractivity contribution is 0.593. The predicted octanol–water partition coefficient (Wildman–Crippen LogP) is 4.48. The highest BCUT2D eigenvalue weighted by Crippen LogP contribution is 2.22. The largest absolute Gasteiger partial charge is 0.324 e. The first-order valence-electron chi connectivity index (χ1n) is 5.51. The number of nitrogens with two attached hydrogens (primary N) is 1. The van der Waals surface area contributed by atoms with Gasteiger partial charge < -0.3 is 5.73 Å². The molecule has 0 saturated carbocycles. The van der Waals surface area contributed by atoms with Crippen LogP contribution in [0, 0.1) is 5.82 Å². The molecule has 2 rings (SSSR count). The van der Waals surface area contributed by atoms with E-state index in [0.717, 1.165) is 10.0 Å². The van der Waals surface area contributed by atoms with Gasteiger partial charge in [0.2, 0.25) is 0 Å². The monoisotopic (exact) mass is 327 g/mol. The van der Waals surface area contributed by atoms with Crippen molar-refractivity contribution in [1.82, 2.24) is 0 Å². The molecule has 0 spiro atoms. The van der Waals surface area contributed by atoms with Crippen LogP contribution in [0.4, 0.5) is 4.39 Å². The quantitative estimate of drug-likeness (QED) is 0.883. The van der Waals surface area contributed by atoms with Crippen molar-refractivity contribution in [3.63, 3.8) is 0 Å². The molecule has 1 unspecified atom stereocenters. The average Bonchev–Trinajstić information content (AvgIpc) is 2.34. The van der Waals surface area contributed by atoms with Gasteiger partial charge in [-0.2, -0.15) is 0 Å². The fourth-order valence-electron chi connectivity index (χ4n) is 1.76. The van der Waals surface area contributed by atoms with Gasteiger partial charge in [0.25, 0.3) is 0 Å². The highest BCUT2D eigenvalue weighted by Gasteiger charge is 2.10. The zero-order chi connectivity index (χ0) is 13.1. The van der Waals surface area contributed by atoms with Gasteiger partial charge in [0.05, 0.1) is 0 Å². The van der Waals surface area contributed by atoms with Gasteiger partial charge >= 0.3 is 0 Å². The lowest BCUT2D eigenvalue weighted by atomic mass is 9.99. The number of rotatable bonds is 3. The SMILES string of the molecule is NC(Cc1cc(Cl)ccc1F)c1ccc(Br)cc1. The van der Waals surface area contributed by atoms with Gasteiger partial charge in [-0.05, 0) is 47.9 Å². The number of hydrogen-bond acceptors (Lipinski definition) is 1. The molecule has 0 amide bonds. The number of benzene rings is 2. The molecule has 0 fully saturated rings. The van der Waals surface area contributed by atoms with Gasteiger partial charge in [-0.1, -0.05) is 39.7 Å². The zero-order valence-corrected chi connectivity index (χ0v) is 11.9. The molecule has 18 heavy (non-hydrogen) atoms. The summed E-state index contributed by atoms with van der Waals surface area (Å²) < 4.78 is 14.6. The lowest BCUT2D eigenvalue weighted by Crippen LogP contribution is -2.14. The molecule has 0 aliphatic rings. The molecule has 2 aromatic rings. The fourth-order valence-corrected chi connectivity index (χ4v) is 2.22. The summed E-state index contributed by atoms with van der Waals surface area (Å²) in [5, 5.41) is 0.523. The summed E-state index contributed by atoms with van der Waals surface area (Å²) in [4.78, 5) is 0. The summed E-state index contributed by atoms with van der Waals surface area (Å²) in [5.74, 6) is -0.271. The van der Waals surface area contributed by atoms with Gasteiger partial charge in [-0.25, -0.2) is 4.39 Å². The van der Waals surface area contributed by atoms with Crippen molar-refractivity contribution in [1.29, 1.82) is 0 Å². The topological polar surface area (TPSA) is 26.0 Å². The Labute approximate surface area is 119 Å². The molecule has 0 heterocycles. The lowest BCUT2D eigenvalue weighted by Gasteiger charge is -2.13. The molecule has 0 aromatic heterocycles. The molecular formula is C14H12BrClFN. The van der Waals surface area contributed by atoms with E-state index in [-0.39, 0.29) is 11.9 Å². The van der Waals surface area contributed by atoms with Crippen LogP contribution < -0.4 is 5.73 Å². The molecule has 0 saturated heterocycles. The fraction of sp³-hybridized carbons (Fsp3) is 0.143. The van der Waals surface area contributed by atoms with Crippen molar-refractivity contribution in [2.24, 2.45) is 5.73 Å². The van der Waals surface area contributed by atoms with Gasteiger partial charge in [-0.15, -0.1) is 0 Å². The van der Waals surface area contributed by atoms with Crippen molar-refractivity contribution in [3.8, 4) is 0 Å². The minimum atomic E-state index is -0.271. The first kappa shape index (κ1) is 13.5. The maximum absolute atomic E-state index is 13.6. The van der Waals surface area contributed by atoms with E-state index in [0.29, 0.717) is 17.0 Å². The minimum absolute atomic E-state index is 0.244. The van der Waals surface area contributed by atoms with E-state index in [1.807, 2.05) is 24.3 Å². The highest BCUT2D eigenvalue weighted by molar-refractivity contribution is 9.10. The molecule has 1 atom stereocenters. The Balaban J connectivity index is 2.18. The third-order valence-corrected chi connectivity index (χ3v) is 3.51. The second-order valence-corrected chi connectivity index (χ2v) is 5.45. The van der Waals surface area contributed by atoms with Gasteiger partial charge in [0.15, 0.2) is 0 Å². The molecular weight excluding hydrogens is 317 g/mol. The van der Waals surface area contributed by atoms with Gasteiger partial charge in [0.1, 0.15) is 5.82 Å². The van der Waals surface area contributed by atoms with Crippen LogP contribution >= 0.6 is 27.5 Å². The Morgan fingerprint density at radius 3 is 2.50 bits per heavy atom. The van der Waals surface area contributed by atoms with Gasteiger partial charge in [-0.3, -0.25) is 0 Å². The first-order valence-corrected chi connectivity index (χ1v) is 6.68. The predicted molar refractivity (Wildman–Crippen MR) is 76.2 cm³/mol. The van der Waals surface area contributed by atoms with Crippen LogP contribution in [-0.4, -0.2) is 0 Å². The summed E-state index contributed by atoms with van der Waals surface area (Å²) in [6.07, 6.45) is 0.425. The molecule has 1 nitrogen and oxygen atoms in total. The molecule has 0 aliphatic carbocycles. The smallest absolute Gasteiger partial charge is 0.126 e. The third kappa shape index (κ3) is 3.31. The van der Waals surface area contributed by atoms with Crippen LogP contribution in [-0.2, 0) is 6.42 Å². The maximum Gasteiger partial charge on any atom is 0.126 e. The Kier molecular flexibility index (Phi) is 4.38. The van der Waals surface area contributed by atoms with E-state index in [2.05, 4.69) is 15.9 Å². The molecule has 0 bridgehead atoms. The molecule has 94 valence electrons. The molecule has 0 aliphatic heterocycles. The van der Waals surface area contributed by atoms with Crippen molar-refractivity contribution < 1.29 is 4.39 Å². The van der Waals surface area contributed by atoms with Gasteiger partial charge in [0, 0.05) is 15.5 Å². The van der Waals surface area contributed by atoms with Crippen LogP contribution in [0.3, 0.4) is 0 Å². The van der Waals surface area contributed by atoms with Crippen molar-refractivity contribution in [3.05, 3.63) is 68.9 Å². The van der Waals surface area contributed by atoms with Crippen LogP contribution in [0.2, 0.25) is 5.02 Å². The first-order chi connectivity index (χ1) is 8.56. The summed E-state index contributed by atoms with van der Waals surface area (Å²) in [6.45, 7) is 0. The average molecular weight is 329 g/mol. The second kappa shape index (κ2) is 5.83. The Morgan fingerprint density at radius 1 is 1.17 bits per heavy atom. The van der Waals surface area contributed by atoms with E-state index >= 15 is 0 Å². The van der Waals surface area contributed by atoms with E-state index < -0.39 is 0 Å². The van der Waals surface area contributed by atoms with Crippen LogP contribution in [0.5, 0.6) is 0 Å². The van der Waals surface area contributed by atoms with E-state index in [1.165, 1.54) is 12.1 Å². The molecule has 2 N–H and O–H groups in total.